The number of halogens is 1. The molecule has 0 saturated carbocycles. The Kier molecular flexibility index (Phi) is 4.77. The number of esters is 1. The van der Waals surface area contributed by atoms with E-state index >= 15 is 0 Å². The van der Waals surface area contributed by atoms with E-state index in [0.717, 1.165) is 12.0 Å². The summed E-state index contributed by atoms with van der Waals surface area (Å²) in [5, 5.41) is 3.17. The Hall–Kier alpha value is -2.56. The molecule has 0 spiro atoms. The third-order valence-electron chi connectivity index (χ3n) is 3.15. The molecule has 0 aliphatic heterocycles. The Morgan fingerprint density at radius 2 is 1.95 bits per heavy atom. The lowest BCUT2D eigenvalue weighted by atomic mass is 10.1. The molecule has 0 aliphatic carbocycles. The van der Waals surface area contributed by atoms with Crippen molar-refractivity contribution in [2.75, 3.05) is 24.7 Å². The second-order valence-electron chi connectivity index (χ2n) is 4.56. The molecule has 0 heterocycles. The van der Waals surface area contributed by atoms with E-state index in [0.29, 0.717) is 23.5 Å². The minimum absolute atomic E-state index is 0.248. The van der Waals surface area contributed by atoms with Gasteiger partial charge in [-0.3, -0.25) is 0 Å². The summed E-state index contributed by atoms with van der Waals surface area (Å²) in [5.41, 5.74) is 8.35. The summed E-state index contributed by atoms with van der Waals surface area (Å²) in [6, 6.07) is 11.5. The van der Waals surface area contributed by atoms with Crippen LogP contribution in [0.1, 0.15) is 15.9 Å². The predicted octanol–water partition coefficient (Wildman–Crippen LogP) is 2.85. The van der Waals surface area contributed by atoms with E-state index in [1.165, 1.54) is 19.2 Å². The fraction of sp³-hybridized carbons (Fsp3) is 0.188. The normalized spacial score (nSPS) is 10.2. The fourth-order valence-corrected chi connectivity index (χ4v) is 2.00. The Morgan fingerprint density at radius 1 is 1.24 bits per heavy atom. The van der Waals surface area contributed by atoms with Gasteiger partial charge < -0.3 is 15.8 Å². The van der Waals surface area contributed by atoms with E-state index in [1.54, 1.807) is 30.3 Å². The van der Waals surface area contributed by atoms with Crippen molar-refractivity contribution in [2.24, 2.45) is 0 Å². The maximum Gasteiger partial charge on any atom is 0.340 e. The monoisotopic (exact) mass is 288 g/mol. The molecule has 2 aromatic carbocycles. The van der Waals surface area contributed by atoms with Gasteiger partial charge >= 0.3 is 5.97 Å². The van der Waals surface area contributed by atoms with Crippen LogP contribution in [0.4, 0.5) is 15.8 Å². The number of rotatable bonds is 5. The quantitative estimate of drug-likeness (QED) is 0.656. The number of ether oxygens (including phenoxy) is 1. The maximum atomic E-state index is 12.8. The molecular weight excluding hydrogens is 271 g/mol. The number of para-hydroxylation sites is 1. The molecule has 0 atom stereocenters. The number of carbonyl (C=O) groups is 1. The molecule has 0 saturated heterocycles. The third-order valence-corrected chi connectivity index (χ3v) is 3.15. The zero-order chi connectivity index (χ0) is 15.2. The van der Waals surface area contributed by atoms with E-state index in [9.17, 15) is 9.18 Å². The first-order valence-electron chi connectivity index (χ1n) is 6.57. The lowest BCUT2D eigenvalue weighted by Crippen LogP contribution is -2.11. The van der Waals surface area contributed by atoms with Crippen LogP contribution in [-0.2, 0) is 11.2 Å². The van der Waals surface area contributed by atoms with Crippen molar-refractivity contribution < 1.29 is 13.9 Å². The number of hydrogen-bond acceptors (Lipinski definition) is 4. The van der Waals surface area contributed by atoms with Gasteiger partial charge in [-0.05, 0) is 36.2 Å². The predicted molar refractivity (Wildman–Crippen MR) is 80.8 cm³/mol. The lowest BCUT2D eigenvalue weighted by Gasteiger charge is -2.12. The molecule has 0 amide bonds. The molecule has 3 N–H and O–H groups in total. The number of anilines is 2. The van der Waals surface area contributed by atoms with Crippen molar-refractivity contribution in [3.8, 4) is 0 Å². The van der Waals surface area contributed by atoms with E-state index in [4.69, 9.17) is 5.73 Å². The smallest absolute Gasteiger partial charge is 0.340 e. The number of nitrogens with two attached hydrogens (primary N) is 1. The van der Waals surface area contributed by atoms with Gasteiger partial charge in [0.25, 0.3) is 0 Å². The zero-order valence-electron chi connectivity index (χ0n) is 11.7. The molecule has 110 valence electrons. The Balaban J connectivity index is 2.00. The number of hydrogen-bond donors (Lipinski definition) is 2. The summed E-state index contributed by atoms with van der Waals surface area (Å²) in [6.45, 7) is 0.625. The number of carbonyl (C=O) groups excluding carboxylic acids is 1. The fourth-order valence-electron chi connectivity index (χ4n) is 2.00. The van der Waals surface area contributed by atoms with Crippen LogP contribution in [0, 0.1) is 5.82 Å². The third kappa shape index (κ3) is 3.72. The zero-order valence-corrected chi connectivity index (χ0v) is 11.7. The van der Waals surface area contributed by atoms with Gasteiger partial charge in [-0.25, -0.2) is 9.18 Å². The summed E-state index contributed by atoms with van der Waals surface area (Å²) in [7, 11) is 1.32. The average Bonchev–Trinajstić information content (AvgIpc) is 2.50. The Labute approximate surface area is 122 Å². The highest BCUT2D eigenvalue weighted by Crippen LogP contribution is 2.23. The van der Waals surface area contributed by atoms with E-state index in [2.05, 4.69) is 10.1 Å². The van der Waals surface area contributed by atoms with Gasteiger partial charge in [0, 0.05) is 6.54 Å². The van der Waals surface area contributed by atoms with Gasteiger partial charge in [0.1, 0.15) is 5.82 Å². The molecule has 21 heavy (non-hydrogen) atoms. The van der Waals surface area contributed by atoms with E-state index < -0.39 is 5.97 Å². The molecule has 5 heteroatoms. The molecule has 2 rings (SSSR count). The lowest BCUT2D eigenvalue weighted by molar-refractivity contribution is 0.0602. The molecule has 0 aromatic heterocycles. The minimum atomic E-state index is -0.463. The number of nitrogens with one attached hydrogen (secondary N) is 1. The van der Waals surface area contributed by atoms with Crippen LogP contribution in [0.15, 0.2) is 42.5 Å². The standard InChI is InChI=1S/C16H17FN2O2/c1-21-16(20)13-3-2-4-14(15(13)18)19-10-9-11-5-7-12(17)8-6-11/h2-8,19H,9-10,18H2,1H3. The topological polar surface area (TPSA) is 64.3 Å². The first-order valence-corrected chi connectivity index (χ1v) is 6.57. The first-order chi connectivity index (χ1) is 10.1. The first kappa shape index (κ1) is 14.8. The summed E-state index contributed by atoms with van der Waals surface area (Å²) in [6.07, 6.45) is 0.724. The van der Waals surface area contributed by atoms with Crippen LogP contribution < -0.4 is 11.1 Å². The second-order valence-corrected chi connectivity index (χ2v) is 4.56. The Morgan fingerprint density at radius 3 is 2.62 bits per heavy atom. The molecule has 2 aromatic rings. The summed E-state index contributed by atoms with van der Waals surface area (Å²) in [5.74, 6) is -0.712. The van der Waals surface area contributed by atoms with E-state index in [-0.39, 0.29) is 5.82 Å². The van der Waals surface area contributed by atoms with Gasteiger partial charge in [-0.1, -0.05) is 18.2 Å². The van der Waals surface area contributed by atoms with Crippen LogP contribution in [0.25, 0.3) is 0 Å². The van der Waals surface area contributed by atoms with Crippen molar-refractivity contribution >= 4 is 17.3 Å². The molecule has 0 fully saturated rings. The molecular formula is C16H17FN2O2. The molecule has 0 unspecified atom stereocenters. The van der Waals surface area contributed by atoms with Crippen LogP contribution in [0.2, 0.25) is 0 Å². The van der Waals surface area contributed by atoms with Gasteiger partial charge in [-0.15, -0.1) is 0 Å². The number of nitrogen functional groups attached to an aromatic ring is 1. The molecule has 4 nitrogen and oxygen atoms in total. The number of benzene rings is 2. The van der Waals surface area contributed by atoms with Crippen molar-refractivity contribution in [3.63, 3.8) is 0 Å². The SMILES string of the molecule is COC(=O)c1cccc(NCCc2ccc(F)cc2)c1N. The maximum absolute atomic E-state index is 12.8. The summed E-state index contributed by atoms with van der Waals surface area (Å²) in [4.78, 5) is 11.5. The highest BCUT2D eigenvalue weighted by atomic mass is 19.1. The number of methoxy groups -OCH3 is 1. The van der Waals surface area contributed by atoms with Crippen LogP contribution >= 0.6 is 0 Å². The van der Waals surface area contributed by atoms with Crippen molar-refractivity contribution in [3.05, 3.63) is 59.4 Å². The van der Waals surface area contributed by atoms with Crippen molar-refractivity contribution in [1.29, 1.82) is 0 Å². The highest BCUT2D eigenvalue weighted by molar-refractivity contribution is 5.98. The largest absolute Gasteiger partial charge is 0.465 e. The van der Waals surface area contributed by atoms with Gasteiger partial charge in [-0.2, -0.15) is 0 Å². The van der Waals surface area contributed by atoms with Gasteiger partial charge in [0.2, 0.25) is 0 Å². The van der Waals surface area contributed by atoms with E-state index in [1.807, 2.05) is 0 Å². The van der Waals surface area contributed by atoms with Gasteiger partial charge in [0.05, 0.1) is 24.0 Å². The second kappa shape index (κ2) is 6.74. The highest BCUT2D eigenvalue weighted by Gasteiger charge is 2.12. The molecule has 0 aliphatic rings. The van der Waals surface area contributed by atoms with Gasteiger partial charge in [0.15, 0.2) is 0 Å². The average molecular weight is 288 g/mol. The van der Waals surface area contributed by atoms with Crippen LogP contribution in [0.5, 0.6) is 0 Å². The minimum Gasteiger partial charge on any atom is -0.465 e. The van der Waals surface area contributed by atoms with Crippen LogP contribution in [-0.4, -0.2) is 19.6 Å². The molecule has 0 radical (unpaired) electrons. The molecule has 0 bridgehead atoms. The van der Waals surface area contributed by atoms with Crippen LogP contribution in [0.3, 0.4) is 0 Å². The summed E-state index contributed by atoms with van der Waals surface area (Å²) >= 11 is 0. The summed E-state index contributed by atoms with van der Waals surface area (Å²) < 4.78 is 17.5. The Bertz CT molecular complexity index is 627. The van der Waals surface area contributed by atoms with Crippen molar-refractivity contribution in [1.82, 2.24) is 0 Å². The van der Waals surface area contributed by atoms with Crippen molar-refractivity contribution in [2.45, 2.75) is 6.42 Å².